The van der Waals surface area contributed by atoms with E-state index in [9.17, 15) is 18.0 Å². The fraction of sp³-hybridized carbons (Fsp3) is 0.304. The summed E-state index contributed by atoms with van der Waals surface area (Å²) in [5.74, 6) is -0.464. The van der Waals surface area contributed by atoms with Crippen molar-refractivity contribution in [3.63, 3.8) is 0 Å². The monoisotopic (exact) mass is 441 g/mol. The fourth-order valence-electron chi connectivity index (χ4n) is 3.42. The molecule has 1 fully saturated rings. The van der Waals surface area contributed by atoms with E-state index in [0.717, 1.165) is 11.0 Å². The number of carbonyl (C=O) groups excluding carboxylic acids is 2. The highest BCUT2D eigenvalue weighted by Gasteiger charge is 2.37. The van der Waals surface area contributed by atoms with Crippen LogP contribution in [0.4, 0.5) is 0 Å². The van der Waals surface area contributed by atoms with E-state index in [0.29, 0.717) is 44.5 Å². The second-order valence-electron chi connectivity index (χ2n) is 7.29. The van der Waals surface area contributed by atoms with Crippen molar-refractivity contribution in [2.24, 2.45) is 0 Å². The zero-order valence-electron chi connectivity index (χ0n) is 17.2. The van der Waals surface area contributed by atoms with Crippen molar-refractivity contribution >= 4 is 27.9 Å². The highest BCUT2D eigenvalue weighted by Crippen LogP contribution is 2.22. The van der Waals surface area contributed by atoms with Crippen LogP contribution in [0.5, 0.6) is 0 Å². The molecule has 2 aromatic rings. The summed E-state index contributed by atoms with van der Waals surface area (Å²) in [6, 6.07) is 17.4. The molecule has 0 spiro atoms. The van der Waals surface area contributed by atoms with Crippen molar-refractivity contribution in [2.75, 3.05) is 19.6 Å². The summed E-state index contributed by atoms with van der Waals surface area (Å²) in [6.07, 6.45) is 3.23. The minimum absolute atomic E-state index is 0.162. The van der Waals surface area contributed by atoms with Gasteiger partial charge in [0.25, 0.3) is 5.91 Å². The lowest BCUT2D eigenvalue weighted by Crippen LogP contribution is -2.45. The first kappa shape index (κ1) is 22.7. The van der Waals surface area contributed by atoms with Gasteiger partial charge in [-0.25, -0.2) is 8.42 Å². The summed E-state index contributed by atoms with van der Waals surface area (Å²) in [5.41, 5.74) is 1.37. The predicted octanol–water partition coefficient (Wildman–Crippen LogP) is 2.39. The molecular weight excluding hydrogens is 414 g/mol. The summed E-state index contributed by atoms with van der Waals surface area (Å²) in [5, 5.41) is 6.76. The lowest BCUT2D eigenvalue weighted by molar-refractivity contribution is -0.124. The molecule has 1 aliphatic heterocycles. The maximum Gasteiger partial charge on any atom is 0.251 e. The Hall–Kier alpha value is -2.97. The van der Waals surface area contributed by atoms with Crippen molar-refractivity contribution in [3.8, 4) is 0 Å². The first-order valence-electron chi connectivity index (χ1n) is 10.3. The summed E-state index contributed by atoms with van der Waals surface area (Å²) in [7, 11) is -3.69. The molecule has 1 heterocycles. The molecule has 2 amide bonds. The van der Waals surface area contributed by atoms with Crippen LogP contribution in [0.1, 0.15) is 35.2 Å². The number of carbonyl (C=O) groups is 2. The molecule has 2 aromatic carbocycles. The van der Waals surface area contributed by atoms with Gasteiger partial charge in [0.2, 0.25) is 15.9 Å². The fourth-order valence-corrected chi connectivity index (χ4v) is 4.85. The smallest absolute Gasteiger partial charge is 0.251 e. The van der Waals surface area contributed by atoms with E-state index in [4.69, 9.17) is 0 Å². The Bertz CT molecular complexity index is 1010. The van der Waals surface area contributed by atoms with Crippen LogP contribution in [-0.2, 0) is 14.8 Å². The first-order valence-corrected chi connectivity index (χ1v) is 11.8. The molecule has 2 N–H and O–H groups in total. The number of sulfonamides is 1. The van der Waals surface area contributed by atoms with E-state index in [1.54, 1.807) is 24.3 Å². The Morgan fingerprint density at radius 1 is 0.968 bits per heavy atom. The molecular formula is C23H27N3O4S. The van der Waals surface area contributed by atoms with Gasteiger partial charge < -0.3 is 10.6 Å². The van der Waals surface area contributed by atoms with E-state index in [-0.39, 0.29) is 11.8 Å². The Labute approximate surface area is 183 Å². The van der Waals surface area contributed by atoms with Gasteiger partial charge in [0, 0.05) is 30.6 Å². The summed E-state index contributed by atoms with van der Waals surface area (Å²) >= 11 is 0. The van der Waals surface area contributed by atoms with Gasteiger partial charge >= 0.3 is 0 Å². The standard InChI is InChI=1S/C23H27N3O4S/c27-22(20-11-5-2-6-12-20)24-15-8-16-25-23(28)21-13-7-17-26(21)31(29,30)18-14-19-9-3-1-4-10-19/h1-6,9-12,14,18,21H,7-8,13,15-17H2,(H,24,27)(H,25,28)/b18-14+/t21-/m1/s1. The van der Waals surface area contributed by atoms with E-state index in [1.807, 2.05) is 36.4 Å². The molecule has 1 aliphatic rings. The van der Waals surface area contributed by atoms with Crippen LogP contribution in [0.15, 0.2) is 66.1 Å². The molecule has 0 saturated carbocycles. The molecule has 7 nitrogen and oxygen atoms in total. The molecule has 0 aromatic heterocycles. The van der Waals surface area contributed by atoms with E-state index in [1.165, 1.54) is 10.4 Å². The number of rotatable bonds is 9. The lowest BCUT2D eigenvalue weighted by Gasteiger charge is -2.21. The topological polar surface area (TPSA) is 95.6 Å². The van der Waals surface area contributed by atoms with E-state index >= 15 is 0 Å². The van der Waals surface area contributed by atoms with Gasteiger partial charge in [-0.3, -0.25) is 9.59 Å². The summed E-state index contributed by atoms with van der Waals surface area (Å²) < 4.78 is 26.7. The third kappa shape index (κ3) is 6.50. The normalized spacial score (nSPS) is 17.0. The molecule has 1 atom stereocenters. The molecule has 0 aliphatic carbocycles. The van der Waals surface area contributed by atoms with E-state index < -0.39 is 16.1 Å². The number of amides is 2. The molecule has 1 saturated heterocycles. The van der Waals surface area contributed by atoms with Crippen molar-refractivity contribution in [3.05, 3.63) is 77.2 Å². The van der Waals surface area contributed by atoms with Crippen LogP contribution in [0, 0.1) is 0 Å². The SMILES string of the molecule is O=C(NCCCNC(=O)[C@H]1CCCN1S(=O)(=O)/C=C/c1ccccc1)c1ccccc1. The molecule has 164 valence electrons. The van der Waals surface area contributed by atoms with Crippen molar-refractivity contribution in [2.45, 2.75) is 25.3 Å². The summed E-state index contributed by atoms with van der Waals surface area (Å²) in [6.45, 7) is 1.10. The van der Waals surface area contributed by atoms with Crippen molar-refractivity contribution in [1.82, 2.24) is 14.9 Å². The van der Waals surface area contributed by atoms with Gasteiger partial charge in [-0.1, -0.05) is 48.5 Å². The van der Waals surface area contributed by atoms with Crippen LogP contribution in [0.2, 0.25) is 0 Å². The average Bonchev–Trinajstić information content (AvgIpc) is 3.30. The molecule has 31 heavy (non-hydrogen) atoms. The minimum Gasteiger partial charge on any atom is -0.355 e. The van der Waals surface area contributed by atoms with Crippen LogP contribution in [-0.4, -0.2) is 50.2 Å². The van der Waals surface area contributed by atoms with Gasteiger partial charge in [-0.2, -0.15) is 4.31 Å². The number of benzene rings is 2. The predicted molar refractivity (Wildman–Crippen MR) is 121 cm³/mol. The highest BCUT2D eigenvalue weighted by atomic mass is 32.2. The lowest BCUT2D eigenvalue weighted by atomic mass is 10.2. The Morgan fingerprint density at radius 2 is 1.61 bits per heavy atom. The van der Waals surface area contributed by atoms with Gasteiger partial charge in [-0.15, -0.1) is 0 Å². The second-order valence-corrected chi connectivity index (χ2v) is 9.06. The Kier molecular flexibility index (Phi) is 7.97. The maximum absolute atomic E-state index is 12.7. The number of nitrogens with one attached hydrogen (secondary N) is 2. The number of hydrogen-bond donors (Lipinski definition) is 2. The largest absolute Gasteiger partial charge is 0.355 e. The Balaban J connectivity index is 1.46. The molecule has 0 bridgehead atoms. The van der Waals surface area contributed by atoms with Crippen LogP contribution in [0.25, 0.3) is 6.08 Å². The maximum atomic E-state index is 12.7. The van der Waals surface area contributed by atoms with Crippen molar-refractivity contribution in [1.29, 1.82) is 0 Å². The molecule has 3 rings (SSSR count). The first-order chi connectivity index (χ1) is 15.0. The van der Waals surface area contributed by atoms with Crippen LogP contribution in [0.3, 0.4) is 0 Å². The van der Waals surface area contributed by atoms with Gasteiger partial charge in [-0.05, 0) is 43.0 Å². The zero-order chi connectivity index (χ0) is 22.1. The van der Waals surface area contributed by atoms with Gasteiger partial charge in [0.1, 0.15) is 6.04 Å². The van der Waals surface area contributed by atoms with Crippen LogP contribution >= 0.6 is 0 Å². The third-order valence-corrected chi connectivity index (χ3v) is 6.61. The highest BCUT2D eigenvalue weighted by molar-refractivity contribution is 7.92. The second kappa shape index (κ2) is 10.9. The molecule has 8 heteroatoms. The third-order valence-electron chi connectivity index (χ3n) is 5.04. The van der Waals surface area contributed by atoms with Crippen LogP contribution < -0.4 is 10.6 Å². The quantitative estimate of drug-likeness (QED) is 0.584. The number of hydrogen-bond acceptors (Lipinski definition) is 4. The Morgan fingerprint density at radius 3 is 2.32 bits per heavy atom. The average molecular weight is 442 g/mol. The van der Waals surface area contributed by atoms with Crippen molar-refractivity contribution < 1.29 is 18.0 Å². The number of nitrogens with zero attached hydrogens (tertiary/aromatic N) is 1. The molecule has 0 unspecified atom stereocenters. The molecule has 0 radical (unpaired) electrons. The minimum atomic E-state index is -3.69. The van der Waals surface area contributed by atoms with Gasteiger partial charge in [0.05, 0.1) is 0 Å². The zero-order valence-corrected chi connectivity index (χ0v) is 18.1. The van der Waals surface area contributed by atoms with Gasteiger partial charge in [0.15, 0.2) is 0 Å². The van der Waals surface area contributed by atoms with E-state index in [2.05, 4.69) is 10.6 Å². The summed E-state index contributed by atoms with van der Waals surface area (Å²) in [4.78, 5) is 24.6.